The first-order chi connectivity index (χ1) is 14.3. The highest BCUT2D eigenvalue weighted by Crippen LogP contribution is 2.35. The molecule has 29 heavy (non-hydrogen) atoms. The Morgan fingerprint density at radius 3 is 2.38 bits per heavy atom. The number of methoxy groups -OCH3 is 2. The normalized spacial score (nSPS) is 13.9. The lowest BCUT2D eigenvalue weighted by Crippen LogP contribution is -2.27. The zero-order valence-electron chi connectivity index (χ0n) is 16.7. The lowest BCUT2D eigenvalue weighted by atomic mass is 9.92. The highest BCUT2D eigenvalue weighted by atomic mass is 16.5. The van der Waals surface area contributed by atoms with E-state index in [-0.39, 0.29) is 0 Å². The summed E-state index contributed by atoms with van der Waals surface area (Å²) < 4.78 is 10.7. The van der Waals surface area contributed by atoms with Gasteiger partial charge in [0.05, 0.1) is 25.4 Å². The van der Waals surface area contributed by atoms with E-state index in [0.717, 1.165) is 54.0 Å². The molecule has 1 aromatic heterocycles. The van der Waals surface area contributed by atoms with E-state index in [1.54, 1.807) is 20.5 Å². The third kappa shape index (κ3) is 5.20. The third-order valence-corrected chi connectivity index (χ3v) is 4.90. The van der Waals surface area contributed by atoms with Gasteiger partial charge in [0.25, 0.3) is 0 Å². The van der Waals surface area contributed by atoms with Crippen molar-refractivity contribution in [1.29, 1.82) is 0 Å². The van der Waals surface area contributed by atoms with Crippen LogP contribution in [0.3, 0.4) is 0 Å². The number of fused-ring (bicyclic) bond motifs is 1. The molecule has 0 unspecified atom stereocenters. The van der Waals surface area contributed by atoms with E-state index in [2.05, 4.69) is 20.6 Å². The Balaban J connectivity index is 0.000000224. The fraction of sp³-hybridized carbons (Fsp3) is 0.318. The van der Waals surface area contributed by atoms with Crippen molar-refractivity contribution in [2.45, 2.75) is 18.8 Å². The molecular formula is C22H26N4O3. The third-order valence-electron chi connectivity index (χ3n) is 4.90. The van der Waals surface area contributed by atoms with Gasteiger partial charge in [0.1, 0.15) is 6.33 Å². The lowest BCUT2D eigenvalue weighted by molar-refractivity contribution is -0.105. The second-order valence-electron chi connectivity index (χ2n) is 6.64. The van der Waals surface area contributed by atoms with Gasteiger partial charge in [0.15, 0.2) is 11.5 Å². The maximum absolute atomic E-state index is 9.86. The van der Waals surface area contributed by atoms with Crippen LogP contribution in [0.1, 0.15) is 24.5 Å². The van der Waals surface area contributed by atoms with Crippen LogP contribution in [0.25, 0.3) is 10.9 Å². The highest BCUT2D eigenvalue weighted by molar-refractivity contribution is 5.85. The van der Waals surface area contributed by atoms with Gasteiger partial charge < -0.3 is 20.1 Å². The second kappa shape index (κ2) is 10.4. The van der Waals surface area contributed by atoms with Crippen molar-refractivity contribution < 1.29 is 14.3 Å². The topological polar surface area (TPSA) is 85.4 Å². The van der Waals surface area contributed by atoms with Crippen LogP contribution in [0.5, 0.6) is 11.5 Å². The SMILES string of the molecule is COc1cc2ncnc(C3CCNCC3)c2cc1OC.O=CNc1ccccc1. The number of hydrogen-bond acceptors (Lipinski definition) is 6. The van der Waals surface area contributed by atoms with E-state index in [1.165, 1.54) is 0 Å². The number of anilines is 1. The summed E-state index contributed by atoms with van der Waals surface area (Å²) in [7, 11) is 3.29. The molecular weight excluding hydrogens is 368 g/mol. The van der Waals surface area contributed by atoms with Crippen LogP contribution in [0.2, 0.25) is 0 Å². The molecule has 0 atom stereocenters. The van der Waals surface area contributed by atoms with Gasteiger partial charge in [-0.1, -0.05) is 18.2 Å². The van der Waals surface area contributed by atoms with Crippen LogP contribution in [-0.2, 0) is 4.79 Å². The molecule has 0 bridgehead atoms. The number of carbonyl (C=O) groups is 1. The average molecular weight is 394 g/mol. The molecule has 7 nitrogen and oxygen atoms in total. The number of ether oxygens (including phenoxy) is 2. The van der Waals surface area contributed by atoms with E-state index < -0.39 is 0 Å². The molecule has 2 heterocycles. The number of nitrogens with one attached hydrogen (secondary N) is 2. The van der Waals surface area contributed by atoms with Crippen LogP contribution >= 0.6 is 0 Å². The van der Waals surface area contributed by atoms with Gasteiger partial charge in [-0.25, -0.2) is 9.97 Å². The van der Waals surface area contributed by atoms with Crippen molar-refractivity contribution >= 4 is 23.0 Å². The summed E-state index contributed by atoms with van der Waals surface area (Å²) >= 11 is 0. The molecule has 7 heteroatoms. The molecule has 4 rings (SSSR count). The van der Waals surface area contributed by atoms with Crippen molar-refractivity contribution in [2.24, 2.45) is 0 Å². The van der Waals surface area contributed by atoms with Crippen LogP contribution in [0.15, 0.2) is 48.8 Å². The first-order valence-corrected chi connectivity index (χ1v) is 9.59. The molecule has 0 aliphatic carbocycles. The molecule has 0 saturated carbocycles. The minimum absolute atomic E-state index is 0.486. The molecule has 0 radical (unpaired) electrons. The van der Waals surface area contributed by atoms with Crippen molar-refractivity contribution in [3.63, 3.8) is 0 Å². The van der Waals surface area contributed by atoms with Crippen molar-refractivity contribution in [2.75, 3.05) is 32.6 Å². The number of benzene rings is 2. The van der Waals surface area contributed by atoms with Gasteiger partial charge in [0.2, 0.25) is 6.41 Å². The van der Waals surface area contributed by atoms with Crippen LogP contribution in [0, 0.1) is 0 Å². The van der Waals surface area contributed by atoms with E-state index in [0.29, 0.717) is 18.1 Å². The number of piperidine rings is 1. The zero-order valence-corrected chi connectivity index (χ0v) is 16.7. The highest BCUT2D eigenvalue weighted by Gasteiger charge is 2.20. The van der Waals surface area contributed by atoms with E-state index in [4.69, 9.17) is 9.47 Å². The minimum atomic E-state index is 0.486. The van der Waals surface area contributed by atoms with Gasteiger partial charge in [-0.3, -0.25) is 4.79 Å². The molecule has 3 aromatic rings. The van der Waals surface area contributed by atoms with Crippen molar-refractivity contribution in [3.8, 4) is 11.5 Å². The Morgan fingerprint density at radius 2 is 1.72 bits per heavy atom. The Morgan fingerprint density at radius 1 is 1.03 bits per heavy atom. The number of para-hydroxylation sites is 1. The molecule has 1 amide bonds. The molecule has 1 aliphatic heterocycles. The molecule has 1 aliphatic rings. The number of hydrogen-bond donors (Lipinski definition) is 2. The number of aromatic nitrogens is 2. The van der Waals surface area contributed by atoms with E-state index >= 15 is 0 Å². The molecule has 2 N–H and O–H groups in total. The summed E-state index contributed by atoms with van der Waals surface area (Å²) in [5.74, 6) is 1.92. The van der Waals surface area contributed by atoms with Gasteiger partial charge in [-0.15, -0.1) is 0 Å². The maximum Gasteiger partial charge on any atom is 0.211 e. The quantitative estimate of drug-likeness (QED) is 0.646. The van der Waals surface area contributed by atoms with E-state index in [1.807, 2.05) is 42.5 Å². The fourth-order valence-electron chi connectivity index (χ4n) is 3.43. The number of rotatable bonds is 5. The van der Waals surface area contributed by atoms with Crippen LogP contribution < -0.4 is 20.1 Å². The summed E-state index contributed by atoms with van der Waals surface area (Å²) in [6.45, 7) is 2.09. The molecule has 1 saturated heterocycles. The summed E-state index contributed by atoms with van der Waals surface area (Å²) in [6, 6.07) is 13.2. The van der Waals surface area contributed by atoms with Crippen molar-refractivity contribution in [3.05, 3.63) is 54.5 Å². The monoisotopic (exact) mass is 394 g/mol. The number of nitrogens with zero attached hydrogens (tertiary/aromatic N) is 2. The standard InChI is InChI=1S/C15H19N3O2.C7H7NO/c1-19-13-7-11-12(8-14(13)20-2)17-9-18-15(11)10-3-5-16-6-4-10;9-6-8-7-4-2-1-3-5-7/h7-10,16H,3-6H2,1-2H3;1-6H,(H,8,9). The molecule has 2 aromatic carbocycles. The predicted octanol–water partition coefficient (Wildman–Crippen LogP) is 3.37. The zero-order chi connectivity index (χ0) is 20.5. The van der Waals surface area contributed by atoms with Gasteiger partial charge in [-0.2, -0.15) is 0 Å². The first kappa shape index (κ1) is 20.5. The Bertz CT molecular complexity index is 928. The molecule has 1 fully saturated rings. The minimum Gasteiger partial charge on any atom is -0.493 e. The smallest absolute Gasteiger partial charge is 0.211 e. The Labute approximate surface area is 170 Å². The first-order valence-electron chi connectivity index (χ1n) is 9.59. The van der Waals surface area contributed by atoms with Gasteiger partial charge in [-0.05, 0) is 44.1 Å². The largest absolute Gasteiger partial charge is 0.493 e. The van der Waals surface area contributed by atoms with E-state index in [9.17, 15) is 4.79 Å². The van der Waals surface area contributed by atoms with Crippen molar-refractivity contribution in [1.82, 2.24) is 15.3 Å². The summed E-state index contributed by atoms with van der Waals surface area (Å²) in [5.41, 5.74) is 2.86. The predicted molar refractivity (Wildman–Crippen MR) is 114 cm³/mol. The fourth-order valence-corrected chi connectivity index (χ4v) is 3.43. The lowest BCUT2D eigenvalue weighted by Gasteiger charge is -2.23. The maximum atomic E-state index is 9.86. The Kier molecular flexibility index (Phi) is 7.35. The average Bonchev–Trinajstić information content (AvgIpc) is 2.79. The van der Waals surface area contributed by atoms with Gasteiger partial charge >= 0.3 is 0 Å². The van der Waals surface area contributed by atoms with Gasteiger partial charge in [0, 0.05) is 23.1 Å². The molecule has 152 valence electrons. The second-order valence-corrected chi connectivity index (χ2v) is 6.64. The molecule has 0 spiro atoms. The summed E-state index contributed by atoms with van der Waals surface area (Å²) in [5, 5.41) is 6.98. The number of carbonyl (C=O) groups excluding carboxylic acids is 1. The summed E-state index contributed by atoms with van der Waals surface area (Å²) in [6.07, 6.45) is 4.53. The number of amides is 1. The van der Waals surface area contributed by atoms with Crippen LogP contribution in [-0.4, -0.2) is 43.7 Å². The van der Waals surface area contributed by atoms with Crippen LogP contribution in [0.4, 0.5) is 5.69 Å². The summed E-state index contributed by atoms with van der Waals surface area (Å²) in [4.78, 5) is 18.7. The Hall–Kier alpha value is -3.19.